The number of piperidine rings is 1. The third kappa shape index (κ3) is 3.46. The number of oxazole rings is 1. The molecule has 1 aliphatic carbocycles. The van der Waals surface area contributed by atoms with Crippen molar-refractivity contribution in [1.82, 2.24) is 10.3 Å². The number of hydrogen-bond acceptors (Lipinski definition) is 4. The van der Waals surface area contributed by atoms with Crippen LogP contribution in [0.2, 0.25) is 0 Å². The van der Waals surface area contributed by atoms with Gasteiger partial charge >= 0.3 is 0 Å². The van der Waals surface area contributed by atoms with Crippen molar-refractivity contribution >= 4 is 22.7 Å². The van der Waals surface area contributed by atoms with Gasteiger partial charge in [-0.05, 0) is 68.8 Å². The Morgan fingerprint density at radius 3 is 2.88 bits per heavy atom. The summed E-state index contributed by atoms with van der Waals surface area (Å²) >= 11 is 0. The van der Waals surface area contributed by atoms with Crippen molar-refractivity contribution in [3.8, 4) is 0 Å². The van der Waals surface area contributed by atoms with Crippen molar-refractivity contribution in [3.05, 3.63) is 24.1 Å². The van der Waals surface area contributed by atoms with Crippen LogP contribution in [0.5, 0.6) is 0 Å². The Hall–Kier alpha value is -1.88. The monoisotopic (exact) mass is 327 g/mol. The van der Waals surface area contributed by atoms with E-state index in [0.29, 0.717) is 24.2 Å². The molecule has 0 radical (unpaired) electrons. The third-order valence-corrected chi connectivity index (χ3v) is 5.31. The smallest absolute Gasteiger partial charge is 0.224 e. The van der Waals surface area contributed by atoms with Gasteiger partial charge in [0.2, 0.25) is 5.91 Å². The molecule has 1 saturated carbocycles. The molecular weight excluding hydrogens is 302 g/mol. The summed E-state index contributed by atoms with van der Waals surface area (Å²) in [6.07, 6.45) is 5.26. The molecule has 5 nitrogen and oxygen atoms in total. The second-order valence-electron chi connectivity index (χ2n) is 7.33. The highest BCUT2D eigenvalue weighted by atomic mass is 16.3. The molecule has 0 bridgehead atoms. The minimum Gasteiger partial charge on any atom is -0.440 e. The number of carbonyl (C=O) groups is 1. The predicted molar refractivity (Wildman–Crippen MR) is 94.0 cm³/mol. The Morgan fingerprint density at radius 1 is 1.33 bits per heavy atom. The highest BCUT2D eigenvalue weighted by molar-refractivity contribution is 5.92. The molecule has 1 saturated heterocycles. The Labute approximate surface area is 142 Å². The summed E-state index contributed by atoms with van der Waals surface area (Å²) in [7, 11) is 0. The van der Waals surface area contributed by atoms with Crippen LogP contribution in [0.4, 0.5) is 5.69 Å². The van der Waals surface area contributed by atoms with Crippen molar-refractivity contribution in [3.63, 3.8) is 0 Å². The first-order valence-corrected chi connectivity index (χ1v) is 9.10. The summed E-state index contributed by atoms with van der Waals surface area (Å²) in [5, 5.41) is 6.40. The Kier molecular flexibility index (Phi) is 4.27. The van der Waals surface area contributed by atoms with E-state index in [1.54, 1.807) is 0 Å². The fourth-order valence-corrected chi connectivity index (χ4v) is 3.61. The lowest BCUT2D eigenvalue weighted by Crippen LogP contribution is -2.32. The maximum absolute atomic E-state index is 12.4. The number of carbonyl (C=O) groups excluding carboxylic acids is 1. The summed E-state index contributed by atoms with van der Waals surface area (Å²) in [4.78, 5) is 16.9. The quantitative estimate of drug-likeness (QED) is 0.879. The predicted octanol–water partition coefficient (Wildman–Crippen LogP) is 3.67. The van der Waals surface area contributed by atoms with Gasteiger partial charge in [-0.1, -0.05) is 6.92 Å². The van der Waals surface area contributed by atoms with E-state index in [1.165, 1.54) is 25.7 Å². The molecule has 128 valence electrons. The summed E-state index contributed by atoms with van der Waals surface area (Å²) in [6.45, 7) is 4.34. The Bertz CT molecular complexity index is 729. The van der Waals surface area contributed by atoms with E-state index in [4.69, 9.17) is 4.42 Å². The van der Waals surface area contributed by atoms with Crippen LogP contribution in [-0.4, -0.2) is 24.0 Å². The number of amides is 1. The standard InChI is InChI=1S/C19H25N3O2/c1-12(13-6-8-20-9-7-13)10-18(23)21-15-4-5-17-16(11-15)22-19(24-17)14-2-3-14/h4-5,11-14,20H,2-3,6-10H2,1H3,(H,21,23). The minimum absolute atomic E-state index is 0.0892. The van der Waals surface area contributed by atoms with E-state index in [9.17, 15) is 4.79 Å². The summed E-state index contributed by atoms with van der Waals surface area (Å²) in [5.41, 5.74) is 2.44. The lowest BCUT2D eigenvalue weighted by Gasteiger charge is -2.27. The number of hydrogen-bond donors (Lipinski definition) is 2. The van der Waals surface area contributed by atoms with Gasteiger partial charge in [0.15, 0.2) is 11.5 Å². The van der Waals surface area contributed by atoms with Gasteiger partial charge in [-0.15, -0.1) is 0 Å². The van der Waals surface area contributed by atoms with Crippen LogP contribution in [0.25, 0.3) is 11.1 Å². The van der Waals surface area contributed by atoms with Crippen LogP contribution < -0.4 is 10.6 Å². The third-order valence-electron chi connectivity index (χ3n) is 5.31. The molecule has 24 heavy (non-hydrogen) atoms. The zero-order valence-electron chi connectivity index (χ0n) is 14.2. The summed E-state index contributed by atoms with van der Waals surface area (Å²) < 4.78 is 5.77. The highest BCUT2D eigenvalue weighted by Gasteiger charge is 2.29. The van der Waals surface area contributed by atoms with Crippen molar-refractivity contribution < 1.29 is 9.21 Å². The Balaban J connectivity index is 1.38. The molecule has 4 rings (SSSR count). The van der Waals surface area contributed by atoms with Crippen molar-refractivity contribution in [2.75, 3.05) is 18.4 Å². The molecule has 1 unspecified atom stereocenters. The van der Waals surface area contributed by atoms with Crippen molar-refractivity contribution in [2.24, 2.45) is 11.8 Å². The van der Waals surface area contributed by atoms with Crippen molar-refractivity contribution in [2.45, 2.75) is 44.9 Å². The molecule has 2 heterocycles. The average Bonchev–Trinajstić information content (AvgIpc) is 3.35. The normalized spacial score (nSPS) is 20.2. The van der Waals surface area contributed by atoms with Crippen molar-refractivity contribution in [1.29, 1.82) is 0 Å². The van der Waals surface area contributed by atoms with E-state index in [-0.39, 0.29) is 5.91 Å². The fraction of sp³-hybridized carbons (Fsp3) is 0.579. The topological polar surface area (TPSA) is 67.2 Å². The van der Waals surface area contributed by atoms with Crippen LogP contribution in [-0.2, 0) is 4.79 Å². The largest absolute Gasteiger partial charge is 0.440 e. The fourth-order valence-electron chi connectivity index (χ4n) is 3.61. The molecule has 2 fully saturated rings. The number of nitrogens with zero attached hydrogens (tertiary/aromatic N) is 1. The van der Waals surface area contributed by atoms with Crippen LogP contribution in [0.15, 0.2) is 22.6 Å². The van der Waals surface area contributed by atoms with E-state index in [1.807, 2.05) is 18.2 Å². The second kappa shape index (κ2) is 6.55. The first-order chi connectivity index (χ1) is 11.7. The first-order valence-electron chi connectivity index (χ1n) is 9.10. The van der Waals surface area contributed by atoms with E-state index in [2.05, 4.69) is 22.5 Å². The van der Waals surface area contributed by atoms with Gasteiger partial charge in [-0.2, -0.15) is 0 Å². The van der Waals surface area contributed by atoms with Gasteiger partial charge in [0.25, 0.3) is 0 Å². The maximum Gasteiger partial charge on any atom is 0.224 e. The first kappa shape index (κ1) is 15.6. The molecule has 0 spiro atoms. The maximum atomic E-state index is 12.4. The molecule has 1 aromatic carbocycles. The number of nitrogens with one attached hydrogen (secondary N) is 2. The molecule has 2 aromatic rings. The second-order valence-corrected chi connectivity index (χ2v) is 7.33. The Morgan fingerprint density at radius 2 is 2.12 bits per heavy atom. The number of anilines is 1. The molecule has 1 amide bonds. The lowest BCUT2D eigenvalue weighted by molar-refractivity contribution is -0.117. The zero-order valence-corrected chi connectivity index (χ0v) is 14.2. The van der Waals surface area contributed by atoms with Gasteiger partial charge < -0.3 is 15.1 Å². The number of rotatable bonds is 5. The van der Waals surface area contributed by atoms with E-state index in [0.717, 1.165) is 35.8 Å². The van der Waals surface area contributed by atoms with E-state index < -0.39 is 0 Å². The van der Waals surface area contributed by atoms with E-state index >= 15 is 0 Å². The molecule has 1 atom stereocenters. The zero-order chi connectivity index (χ0) is 16.5. The van der Waals surface area contributed by atoms with Gasteiger partial charge in [-0.25, -0.2) is 4.98 Å². The van der Waals surface area contributed by atoms with Gasteiger partial charge in [-0.3, -0.25) is 4.79 Å². The van der Waals surface area contributed by atoms with Crippen LogP contribution in [0.3, 0.4) is 0 Å². The summed E-state index contributed by atoms with van der Waals surface area (Å²) in [5.74, 6) is 2.50. The van der Waals surface area contributed by atoms with Crippen LogP contribution in [0, 0.1) is 11.8 Å². The number of fused-ring (bicyclic) bond motifs is 1. The van der Waals surface area contributed by atoms with Crippen LogP contribution >= 0.6 is 0 Å². The van der Waals surface area contributed by atoms with Gasteiger partial charge in [0.1, 0.15) is 5.52 Å². The van der Waals surface area contributed by atoms with Gasteiger partial charge in [0.05, 0.1) is 0 Å². The molecule has 2 aliphatic rings. The number of aromatic nitrogens is 1. The molecule has 1 aromatic heterocycles. The summed E-state index contributed by atoms with van der Waals surface area (Å²) in [6, 6.07) is 5.72. The molecule has 1 aliphatic heterocycles. The number of benzene rings is 1. The molecule has 2 N–H and O–H groups in total. The molecular formula is C19H25N3O2. The minimum atomic E-state index is 0.0892. The van der Waals surface area contributed by atoms with Crippen LogP contribution in [0.1, 0.15) is 50.8 Å². The average molecular weight is 327 g/mol. The molecule has 5 heteroatoms. The SMILES string of the molecule is CC(CC(=O)Nc1ccc2oc(C3CC3)nc2c1)C1CCNCC1. The lowest BCUT2D eigenvalue weighted by atomic mass is 9.84. The van der Waals surface area contributed by atoms with Gasteiger partial charge in [0, 0.05) is 18.0 Å². The highest BCUT2D eigenvalue weighted by Crippen LogP contribution is 2.40.